The molecule has 0 spiro atoms. The number of carbonyl (C=O) groups excluding carboxylic acids is 3. The molecule has 6 nitrogen and oxygen atoms in total. The van der Waals surface area contributed by atoms with Crippen LogP contribution in [0.5, 0.6) is 0 Å². The smallest absolute Gasteiger partial charge is 0.338 e. The summed E-state index contributed by atoms with van der Waals surface area (Å²) in [5.74, 6) is -1.21. The normalized spacial score (nSPS) is 10.9. The summed E-state index contributed by atoms with van der Waals surface area (Å²) in [4.78, 5) is 36.3. The maximum Gasteiger partial charge on any atom is 0.338 e. The molecule has 0 aliphatic rings. The van der Waals surface area contributed by atoms with E-state index in [4.69, 9.17) is 4.74 Å². The topological polar surface area (TPSA) is 84.5 Å². The van der Waals surface area contributed by atoms with Crippen molar-refractivity contribution in [2.75, 3.05) is 17.2 Å². The number of hydrogen-bond donors (Lipinski definition) is 2. The first kappa shape index (κ1) is 21.2. The van der Waals surface area contributed by atoms with Gasteiger partial charge in [-0.3, -0.25) is 9.59 Å². The summed E-state index contributed by atoms with van der Waals surface area (Å²) in [5, 5.41) is 5.46. The molecule has 0 heterocycles. The highest BCUT2D eigenvalue weighted by Gasteiger charge is 2.21. The maximum absolute atomic E-state index is 12.2. The van der Waals surface area contributed by atoms with Gasteiger partial charge in [-0.15, -0.1) is 0 Å². The van der Waals surface area contributed by atoms with Crippen LogP contribution in [0, 0.1) is 5.41 Å². The van der Waals surface area contributed by atoms with Gasteiger partial charge in [0.15, 0.2) is 6.61 Å². The van der Waals surface area contributed by atoms with Gasteiger partial charge in [0.1, 0.15) is 0 Å². The van der Waals surface area contributed by atoms with Crippen molar-refractivity contribution < 1.29 is 19.1 Å². The monoisotopic (exact) mass is 382 g/mol. The molecule has 6 heteroatoms. The summed E-state index contributed by atoms with van der Waals surface area (Å²) < 4.78 is 5.08. The Morgan fingerprint density at radius 3 is 2.21 bits per heavy atom. The molecule has 148 valence electrons. The van der Waals surface area contributed by atoms with E-state index in [0.717, 1.165) is 12.0 Å². The summed E-state index contributed by atoms with van der Waals surface area (Å²) in [6.07, 6.45) is 0.862. The van der Waals surface area contributed by atoms with Crippen molar-refractivity contribution in [1.29, 1.82) is 0 Å². The van der Waals surface area contributed by atoms with E-state index in [-0.39, 0.29) is 11.5 Å². The van der Waals surface area contributed by atoms with Crippen molar-refractivity contribution in [1.82, 2.24) is 0 Å². The van der Waals surface area contributed by atoms with Crippen molar-refractivity contribution in [3.05, 3.63) is 59.7 Å². The van der Waals surface area contributed by atoms with Crippen molar-refractivity contribution in [3.8, 4) is 0 Å². The van der Waals surface area contributed by atoms with Crippen LogP contribution in [-0.4, -0.2) is 24.4 Å². The van der Waals surface area contributed by atoms with Gasteiger partial charge in [0.05, 0.1) is 5.56 Å². The predicted molar refractivity (Wildman–Crippen MR) is 109 cm³/mol. The van der Waals surface area contributed by atoms with E-state index in [1.165, 1.54) is 6.07 Å². The molecular weight excluding hydrogens is 356 g/mol. The second kappa shape index (κ2) is 9.17. The van der Waals surface area contributed by atoms with Gasteiger partial charge in [0.25, 0.3) is 5.91 Å². The van der Waals surface area contributed by atoms with Crippen molar-refractivity contribution in [2.45, 2.75) is 34.1 Å². The fourth-order valence-electron chi connectivity index (χ4n) is 2.32. The van der Waals surface area contributed by atoms with E-state index < -0.39 is 23.9 Å². The lowest BCUT2D eigenvalue weighted by atomic mass is 9.95. The highest BCUT2D eigenvalue weighted by Crippen LogP contribution is 2.18. The van der Waals surface area contributed by atoms with E-state index in [2.05, 4.69) is 10.6 Å². The number of amides is 2. The summed E-state index contributed by atoms with van der Waals surface area (Å²) in [6, 6.07) is 13.9. The third-order valence-electron chi connectivity index (χ3n) is 3.99. The zero-order valence-electron chi connectivity index (χ0n) is 16.7. The lowest BCUT2D eigenvalue weighted by Crippen LogP contribution is -2.27. The molecule has 2 aromatic rings. The number of esters is 1. The van der Waals surface area contributed by atoms with E-state index in [0.29, 0.717) is 11.4 Å². The number of benzene rings is 2. The Hall–Kier alpha value is -3.15. The van der Waals surface area contributed by atoms with Gasteiger partial charge in [-0.05, 0) is 42.3 Å². The Kier molecular flexibility index (Phi) is 6.93. The Balaban J connectivity index is 1.93. The first-order valence-corrected chi connectivity index (χ1v) is 9.16. The molecule has 28 heavy (non-hydrogen) atoms. The average molecular weight is 382 g/mol. The molecule has 0 bridgehead atoms. The number of ether oxygens (including phenoxy) is 1. The van der Waals surface area contributed by atoms with Crippen LogP contribution in [0.4, 0.5) is 11.4 Å². The van der Waals surface area contributed by atoms with E-state index in [1.54, 1.807) is 45.0 Å². The van der Waals surface area contributed by atoms with Crippen LogP contribution in [0.2, 0.25) is 0 Å². The number of rotatable bonds is 6. The molecule has 0 unspecified atom stereocenters. The van der Waals surface area contributed by atoms with Crippen molar-refractivity contribution in [2.24, 2.45) is 5.41 Å². The Labute approximate surface area is 165 Å². The van der Waals surface area contributed by atoms with Gasteiger partial charge in [-0.2, -0.15) is 0 Å². The minimum absolute atomic E-state index is 0.160. The molecule has 2 N–H and O–H groups in total. The van der Waals surface area contributed by atoms with Gasteiger partial charge in [0.2, 0.25) is 5.91 Å². The zero-order valence-corrected chi connectivity index (χ0v) is 16.7. The molecule has 0 aromatic heterocycles. The Morgan fingerprint density at radius 2 is 1.57 bits per heavy atom. The highest BCUT2D eigenvalue weighted by atomic mass is 16.5. The predicted octanol–water partition coefficient (Wildman–Crippen LogP) is 4.03. The molecule has 0 fully saturated rings. The molecule has 2 aromatic carbocycles. The van der Waals surface area contributed by atoms with Crippen LogP contribution < -0.4 is 10.6 Å². The third kappa shape index (κ3) is 6.23. The number of hydrogen-bond acceptors (Lipinski definition) is 4. The summed E-state index contributed by atoms with van der Waals surface area (Å²) in [5.41, 5.74) is 1.96. The van der Waals surface area contributed by atoms with Crippen LogP contribution in [0.25, 0.3) is 0 Å². The lowest BCUT2D eigenvalue weighted by molar-refractivity contribution is -0.123. The molecule has 0 radical (unpaired) electrons. The molecule has 0 aliphatic carbocycles. The summed E-state index contributed by atoms with van der Waals surface area (Å²) >= 11 is 0. The van der Waals surface area contributed by atoms with Gasteiger partial charge < -0.3 is 15.4 Å². The second-order valence-corrected chi connectivity index (χ2v) is 7.46. The zero-order chi connectivity index (χ0) is 20.7. The minimum atomic E-state index is -0.635. The number of aryl methyl sites for hydroxylation is 1. The first-order chi connectivity index (χ1) is 13.2. The van der Waals surface area contributed by atoms with Crippen LogP contribution in [0.15, 0.2) is 48.5 Å². The fraction of sp³-hybridized carbons (Fsp3) is 0.318. The minimum Gasteiger partial charge on any atom is -0.452 e. The lowest BCUT2D eigenvalue weighted by Gasteiger charge is -2.17. The van der Waals surface area contributed by atoms with Gasteiger partial charge in [-0.1, -0.05) is 45.9 Å². The molecular formula is C22H26N2O4. The highest BCUT2D eigenvalue weighted by molar-refractivity contribution is 5.98. The Morgan fingerprint density at radius 1 is 0.929 bits per heavy atom. The SMILES string of the molecule is CCc1cccc(NC(=O)COC(=O)c2cccc(NC(=O)C(C)(C)C)c2)c1. The molecule has 0 aliphatic heterocycles. The largest absolute Gasteiger partial charge is 0.452 e. The van der Waals surface area contributed by atoms with Crippen LogP contribution >= 0.6 is 0 Å². The molecule has 2 rings (SSSR count). The average Bonchev–Trinajstić information content (AvgIpc) is 2.65. The van der Waals surface area contributed by atoms with Crippen LogP contribution in [-0.2, 0) is 20.7 Å². The van der Waals surface area contributed by atoms with Crippen molar-refractivity contribution >= 4 is 29.2 Å². The number of carbonyl (C=O) groups is 3. The van der Waals surface area contributed by atoms with Gasteiger partial charge in [0, 0.05) is 16.8 Å². The quantitative estimate of drug-likeness (QED) is 0.739. The standard InChI is InChI=1S/C22H26N2O4/c1-5-15-8-6-10-17(12-15)23-19(25)14-28-20(26)16-9-7-11-18(13-16)24-21(27)22(2,3)4/h6-13H,5,14H2,1-4H3,(H,23,25)(H,24,27). The number of anilines is 2. The van der Waals surface area contributed by atoms with E-state index >= 15 is 0 Å². The summed E-state index contributed by atoms with van der Waals surface area (Å²) in [7, 11) is 0. The van der Waals surface area contributed by atoms with Crippen LogP contribution in [0.1, 0.15) is 43.6 Å². The molecule has 0 saturated carbocycles. The molecule has 0 saturated heterocycles. The maximum atomic E-state index is 12.2. The molecule has 2 amide bonds. The first-order valence-electron chi connectivity index (χ1n) is 9.16. The second-order valence-electron chi connectivity index (χ2n) is 7.46. The third-order valence-corrected chi connectivity index (χ3v) is 3.99. The number of nitrogens with one attached hydrogen (secondary N) is 2. The fourth-order valence-corrected chi connectivity index (χ4v) is 2.32. The molecule has 0 atom stereocenters. The van der Waals surface area contributed by atoms with E-state index in [9.17, 15) is 14.4 Å². The van der Waals surface area contributed by atoms with Crippen LogP contribution in [0.3, 0.4) is 0 Å². The van der Waals surface area contributed by atoms with Gasteiger partial charge in [-0.25, -0.2) is 4.79 Å². The van der Waals surface area contributed by atoms with E-state index in [1.807, 2.05) is 25.1 Å². The Bertz CT molecular complexity index is 869. The van der Waals surface area contributed by atoms with Gasteiger partial charge >= 0.3 is 5.97 Å². The summed E-state index contributed by atoms with van der Waals surface area (Å²) in [6.45, 7) is 7.04. The van der Waals surface area contributed by atoms with Crippen molar-refractivity contribution in [3.63, 3.8) is 0 Å².